The van der Waals surface area contributed by atoms with E-state index in [9.17, 15) is 4.79 Å². The zero-order valence-corrected chi connectivity index (χ0v) is 12.2. The Morgan fingerprint density at radius 2 is 2.00 bits per heavy atom. The summed E-state index contributed by atoms with van der Waals surface area (Å²) >= 11 is 0. The van der Waals surface area contributed by atoms with Gasteiger partial charge in [-0.3, -0.25) is 4.98 Å². The molecule has 0 bridgehead atoms. The van der Waals surface area contributed by atoms with Crippen molar-refractivity contribution in [3.63, 3.8) is 0 Å². The van der Waals surface area contributed by atoms with Gasteiger partial charge in [-0.15, -0.1) is 0 Å². The molecule has 2 N–H and O–H groups in total. The van der Waals surface area contributed by atoms with Gasteiger partial charge < -0.3 is 15.4 Å². The molecular formula is C13H22N4O2. The molecule has 0 unspecified atom stereocenters. The van der Waals surface area contributed by atoms with Crippen LogP contribution in [-0.4, -0.2) is 34.8 Å². The van der Waals surface area contributed by atoms with Crippen LogP contribution in [0, 0.1) is 13.8 Å². The molecule has 1 aromatic rings. The van der Waals surface area contributed by atoms with Crippen LogP contribution in [0.1, 0.15) is 32.2 Å². The molecule has 0 aliphatic carbocycles. The summed E-state index contributed by atoms with van der Waals surface area (Å²) in [4.78, 5) is 19.9. The molecule has 0 spiro atoms. The lowest BCUT2D eigenvalue weighted by molar-refractivity contribution is 0.0530. The van der Waals surface area contributed by atoms with E-state index in [1.165, 1.54) is 0 Å². The molecule has 0 radical (unpaired) electrons. The predicted molar refractivity (Wildman–Crippen MR) is 74.2 cm³/mol. The average molecular weight is 266 g/mol. The van der Waals surface area contributed by atoms with Crippen LogP contribution in [-0.2, 0) is 4.74 Å². The Hall–Kier alpha value is -1.85. The predicted octanol–water partition coefficient (Wildman–Crippen LogP) is 2.03. The molecule has 106 valence electrons. The summed E-state index contributed by atoms with van der Waals surface area (Å²) in [6.45, 7) is 10.3. The number of nitrogens with one attached hydrogen (secondary N) is 2. The summed E-state index contributed by atoms with van der Waals surface area (Å²) in [5.41, 5.74) is 1.21. The highest BCUT2D eigenvalue weighted by Gasteiger charge is 2.15. The van der Waals surface area contributed by atoms with Crippen molar-refractivity contribution in [3.8, 4) is 0 Å². The molecule has 1 amide bonds. The van der Waals surface area contributed by atoms with Gasteiger partial charge in [0.2, 0.25) is 0 Å². The number of carbonyl (C=O) groups is 1. The molecule has 0 fully saturated rings. The normalized spacial score (nSPS) is 11.0. The lowest BCUT2D eigenvalue weighted by Crippen LogP contribution is -2.35. The Balaban J connectivity index is 2.31. The molecule has 0 saturated heterocycles. The van der Waals surface area contributed by atoms with Crippen LogP contribution in [0.2, 0.25) is 0 Å². The molecular weight excluding hydrogens is 244 g/mol. The second-order valence-electron chi connectivity index (χ2n) is 5.30. The number of alkyl carbamates (subject to hydrolysis) is 1. The smallest absolute Gasteiger partial charge is 0.407 e. The summed E-state index contributed by atoms with van der Waals surface area (Å²) in [5.74, 6) is 0.742. The second kappa shape index (κ2) is 6.36. The fourth-order valence-corrected chi connectivity index (χ4v) is 1.36. The molecule has 6 nitrogen and oxygen atoms in total. The number of nitrogens with zero attached hydrogens (tertiary/aromatic N) is 2. The van der Waals surface area contributed by atoms with E-state index in [0.717, 1.165) is 17.2 Å². The van der Waals surface area contributed by atoms with Gasteiger partial charge in [0.1, 0.15) is 11.4 Å². The highest BCUT2D eigenvalue weighted by molar-refractivity contribution is 5.67. The van der Waals surface area contributed by atoms with Crippen molar-refractivity contribution < 1.29 is 9.53 Å². The monoisotopic (exact) mass is 266 g/mol. The van der Waals surface area contributed by atoms with Gasteiger partial charge in [-0.1, -0.05) is 0 Å². The van der Waals surface area contributed by atoms with E-state index in [1.54, 1.807) is 6.20 Å². The van der Waals surface area contributed by atoms with E-state index in [4.69, 9.17) is 4.74 Å². The van der Waals surface area contributed by atoms with Crippen LogP contribution in [0.25, 0.3) is 0 Å². The summed E-state index contributed by atoms with van der Waals surface area (Å²) < 4.78 is 5.13. The van der Waals surface area contributed by atoms with Crippen molar-refractivity contribution in [1.29, 1.82) is 0 Å². The maximum Gasteiger partial charge on any atom is 0.407 e. The van der Waals surface area contributed by atoms with Crippen LogP contribution >= 0.6 is 0 Å². The molecule has 0 atom stereocenters. The number of ether oxygens (including phenoxy) is 1. The first-order chi connectivity index (χ1) is 8.78. The molecule has 19 heavy (non-hydrogen) atoms. The van der Waals surface area contributed by atoms with E-state index >= 15 is 0 Å². The third-order valence-corrected chi connectivity index (χ3v) is 2.16. The second-order valence-corrected chi connectivity index (χ2v) is 5.30. The highest BCUT2D eigenvalue weighted by Crippen LogP contribution is 2.08. The topological polar surface area (TPSA) is 76.1 Å². The summed E-state index contributed by atoms with van der Waals surface area (Å²) in [5, 5.41) is 5.80. The number of carbonyl (C=O) groups excluding carboxylic acids is 1. The molecule has 1 rings (SSSR count). The highest BCUT2D eigenvalue weighted by atomic mass is 16.6. The van der Waals surface area contributed by atoms with Crippen LogP contribution in [0.3, 0.4) is 0 Å². The van der Waals surface area contributed by atoms with Crippen LogP contribution < -0.4 is 10.6 Å². The third kappa shape index (κ3) is 6.03. The standard InChI is InChI=1S/C13H22N4O2/c1-9-8-16-10(2)11(17-9)14-6-7-15-12(18)19-13(3,4)5/h8H,6-7H2,1-5H3,(H,14,17)(H,15,18). The summed E-state index contributed by atoms with van der Waals surface area (Å²) in [6.07, 6.45) is 1.31. The molecule has 1 heterocycles. The quantitative estimate of drug-likeness (QED) is 0.815. The average Bonchev–Trinajstić information content (AvgIpc) is 2.26. The summed E-state index contributed by atoms with van der Waals surface area (Å²) in [7, 11) is 0. The number of amides is 1. The fraction of sp³-hybridized carbons (Fsp3) is 0.615. The molecule has 0 aromatic carbocycles. The first-order valence-corrected chi connectivity index (χ1v) is 6.29. The summed E-state index contributed by atoms with van der Waals surface area (Å²) in [6, 6.07) is 0. The largest absolute Gasteiger partial charge is 0.444 e. The van der Waals surface area contributed by atoms with Crippen molar-refractivity contribution in [2.75, 3.05) is 18.4 Å². The van der Waals surface area contributed by atoms with Crippen molar-refractivity contribution in [3.05, 3.63) is 17.6 Å². The number of aryl methyl sites for hydroxylation is 2. The maximum absolute atomic E-state index is 11.4. The Bertz CT molecular complexity index is 441. The number of rotatable bonds is 4. The van der Waals surface area contributed by atoms with Gasteiger partial charge in [-0.25, -0.2) is 9.78 Å². The molecule has 1 aromatic heterocycles. The molecule has 0 saturated carbocycles. The molecule has 0 aliphatic rings. The van der Waals surface area contributed by atoms with Gasteiger partial charge in [-0.05, 0) is 34.6 Å². The van der Waals surface area contributed by atoms with E-state index in [1.807, 2.05) is 34.6 Å². The first-order valence-electron chi connectivity index (χ1n) is 6.29. The van der Waals surface area contributed by atoms with E-state index in [2.05, 4.69) is 20.6 Å². The lowest BCUT2D eigenvalue weighted by atomic mass is 10.2. The van der Waals surface area contributed by atoms with Gasteiger partial charge in [0, 0.05) is 19.3 Å². The van der Waals surface area contributed by atoms with Crippen molar-refractivity contribution in [1.82, 2.24) is 15.3 Å². The number of aromatic nitrogens is 2. The van der Waals surface area contributed by atoms with Gasteiger partial charge in [0.15, 0.2) is 0 Å². The van der Waals surface area contributed by atoms with Crippen molar-refractivity contribution in [2.45, 2.75) is 40.2 Å². The Morgan fingerprint density at radius 3 is 2.63 bits per heavy atom. The number of hydrogen-bond acceptors (Lipinski definition) is 5. The maximum atomic E-state index is 11.4. The van der Waals surface area contributed by atoms with Crippen LogP contribution in [0.5, 0.6) is 0 Å². The van der Waals surface area contributed by atoms with Gasteiger partial charge >= 0.3 is 6.09 Å². The van der Waals surface area contributed by atoms with E-state index in [0.29, 0.717) is 13.1 Å². The van der Waals surface area contributed by atoms with Crippen LogP contribution in [0.4, 0.5) is 10.6 Å². The molecule has 0 aliphatic heterocycles. The minimum Gasteiger partial charge on any atom is -0.444 e. The molecule has 6 heteroatoms. The number of anilines is 1. The van der Waals surface area contributed by atoms with Crippen molar-refractivity contribution in [2.24, 2.45) is 0 Å². The zero-order chi connectivity index (χ0) is 14.5. The Morgan fingerprint density at radius 1 is 1.32 bits per heavy atom. The van der Waals surface area contributed by atoms with Gasteiger partial charge in [-0.2, -0.15) is 0 Å². The first kappa shape index (κ1) is 15.2. The number of hydrogen-bond donors (Lipinski definition) is 2. The minimum absolute atomic E-state index is 0.415. The van der Waals surface area contributed by atoms with Crippen molar-refractivity contribution >= 4 is 11.9 Å². The van der Waals surface area contributed by atoms with E-state index < -0.39 is 11.7 Å². The minimum atomic E-state index is -0.476. The third-order valence-electron chi connectivity index (χ3n) is 2.16. The van der Waals surface area contributed by atoms with Crippen LogP contribution in [0.15, 0.2) is 6.20 Å². The van der Waals surface area contributed by atoms with Gasteiger partial charge in [0.25, 0.3) is 0 Å². The Kier molecular flexibility index (Phi) is 5.09. The SMILES string of the molecule is Cc1cnc(C)c(NCCNC(=O)OC(C)(C)C)n1. The lowest BCUT2D eigenvalue weighted by Gasteiger charge is -2.19. The zero-order valence-electron chi connectivity index (χ0n) is 12.2. The fourth-order valence-electron chi connectivity index (χ4n) is 1.36. The van der Waals surface area contributed by atoms with Gasteiger partial charge in [0.05, 0.1) is 11.4 Å². The van der Waals surface area contributed by atoms with E-state index in [-0.39, 0.29) is 0 Å². The Labute approximate surface area is 114 Å².